The van der Waals surface area contributed by atoms with Gasteiger partial charge in [-0.2, -0.15) is 0 Å². The molecule has 0 heterocycles. The fourth-order valence-electron chi connectivity index (χ4n) is 6.45. The van der Waals surface area contributed by atoms with Gasteiger partial charge in [-0.25, -0.2) is 0 Å². The highest BCUT2D eigenvalue weighted by atomic mass is 16.6. The van der Waals surface area contributed by atoms with Gasteiger partial charge in [0, 0.05) is 19.3 Å². The lowest BCUT2D eigenvalue weighted by Gasteiger charge is -2.18. The third-order valence-electron chi connectivity index (χ3n) is 9.94. The highest BCUT2D eigenvalue weighted by molar-refractivity contribution is 5.71. The van der Waals surface area contributed by atoms with Crippen molar-refractivity contribution in [2.45, 2.75) is 232 Å². The zero-order valence-corrected chi connectivity index (χ0v) is 36.2. The van der Waals surface area contributed by atoms with Gasteiger partial charge < -0.3 is 14.2 Å². The summed E-state index contributed by atoms with van der Waals surface area (Å²) < 4.78 is 16.7. The van der Waals surface area contributed by atoms with Crippen LogP contribution in [0, 0.1) is 0 Å². The predicted molar refractivity (Wildman–Crippen MR) is 233 cm³/mol. The Balaban J connectivity index is 4.39. The number of carbonyl (C=O) groups is 3. The van der Waals surface area contributed by atoms with Gasteiger partial charge in [0.05, 0.1) is 0 Å². The molecule has 0 saturated heterocycles. The molecule has 0 aliphatic rings. The molecule has 0 aliphatic heterocycles. The number of allylic oxidation sites excluding steroid dienone is 8. The smallest absolute Gasteiger partial charge is 0.306 e. The standard InChI is InChI=1S/C49H86O6/c1-4-7-10-13-16-19-22-23-24-25-28-30-33-36-39-42-48(51)54-45-46(55-49(52)43-40-37-34-31-27-21-18-15-12-9-6-3)44-53-47(50)41-38-35-32-29-26-20-17-14-11-8-5-2/h7,10,13,16,19,22-24,46H,4-6,8-9,11-12,14-15,17-18,20-21,25-45H2,1-3H3/b10-7-,16-13-,22-19-,24-23-. The van der Waals surface area contributed by atoms with Crippen molar-refractivity contribution in [3.8, 4) is 0 Å². The maximum atomic E-state index is 12.7. The first-order chi connectivity index (χ1) is 27.0. The maximum absolute atomic E-state index is 12.7. The van der Waals surface area contributed by atoms with Crippen molar-refractivity contribution in [1.82, 2.24) is 0 Å². The molecule has 0 aromatic heterocycles. The summed E-state index contributed by atoms with van der Waals surface area (Å²) >= 11 is 0. The zero-order chi connectivity index (χ0) is 40.1. The minimum atomic E-state index is -0.776. The number of esters is 3. The van der Waals surface area contributed by atoms with Crippen molar-refractivity contribution in [2.24, 2.45) is 0 Å². The van der Waals surface area contributed by atoms with Crippen molar-refractivity contribution in [1.29, 1.82) is 0 Å². The third-order valence-corrected chi connectivity index (χ3v) is 9.94. The van der Waals surface area contributed by atoms with E-state index in [4.69, 9.17) is 14.2 Å². The lowest BCUT2D eigenvalue weighted by Crippen LogP contribution is -2.30. The molecule has 0 rings (SSSR count). The molecular formula is C49H86O6. The summed E-state index contributed by atoms with van der Waals surface area (Å²) in [6.07, 6.45) is 50.9. The molecule has 0 aromatic carbocycles. The first-order valence-electron chi connectivity index (χ1n) is 23.2. The molecule has 0 N–H and O–H groups in total. The van der Waals surface area contributed by atoms with Gasteiger partial charge >= 0.3 is 17.9 Å². The van der Waals surface area contributed by atoms with Crippen molar-refractivity contribution in [3.05, 3.63) is 48.6 Å². The van der Waals surface area contributed by atoms with E-state index in [0.29, 0.717) is 19.3 Å². The average Bonchev–Trinajstić information content (AvgIpc) is 3.18. The Bertz CT molecular complexity index is 980. The van der Waals surface area contributed by atoms with Crippen molar-refractivity contribution >= 4 is 17.9 Å². The van der Waals surface area contributed by atoms with E-state index in [1.54, 1.807) is 0 Å². The van der Waals surface area contributed by atoms with Crippen molar-refractivity contribution < 1.29 is 28.6 Å². The molecule has 0 aromatic rings. The molecule has 0 amide bonds. The van der Waals surface area contributed by atoms with Crippen LogP contribution in [0.3, 0.4) is 0 Å². The Kier molecular flexibility index (Phi) is 42.0. The molecule has 318 valence electrons. The molecule has 6 heteroatoms. The molecule has 0 spiro atoms. The third kappa shape index (κ3) is 42.4. The molecule has 6 nitrogen and oxygen atoms in total. The Morgan fingerprint density at radius 2 is 0.709 bits per heavy atom. The molecule has 0 fully saturated rings. The van der Waals surface area contributed by atoms with Crippen LogP contribution in [0.25, 0.3) is 0 Å². The number of hydrogen-bond acceptors (Lipinski definition) is 6. The SMILES string of the molecule is CC\C=C/C=C\C=C/C=C\CCCCCCCC(=O)OCC(COC(=O)CCCCCCCCCCCCC)OC(=O)CCCCCCCCCCCCC. The van der Waals surface area contributed by atoms with Gasteiger partial charge in [-0.15, -0.1) is 0 Å². The Morgan fingerprint density at radius 3 is 1.11 bits per heavy atom. The second-order valence-corrected chi connectivity index (χ2v) is 15.4. The van der Waals surface area contributed by atoms with Gasteiger partial charge in [0.1, 0.15) is 13.2 Å². The van der Waals surface area contributed by atoms with E-state index in [0.717, 1.165) is 83.5 Å². The number of ether oxygens (including phenoxy) is 3. The van der Waals surface area contributed by atoms with E-state index in [2.05, 4.69) is 51.2 Å². The summed E-state index contributed by atoms with van der Waals surface area (Å²) in [6, 6.07) is 0. The Hall–Kier alpha value is -2.63. The fraction of sp³-hybridized carbons (Fsp3) is 0.776. The van der Waals surface area contributed by atoms with Crippen LogP contribution in [-0.4, -0.2) is 37.2 Å². The largest absolute Gasteiger partial charge is 0.462 e. The second kappa shape index (κ2) is 44.1. The van der Waals surface area contributed by atoms with Gasteiger partial charge in [-0.05, 0) is 38.5 Å². The summed E-state index contributed by atoms with van der Waals surface area (Å²) in [7, 11) is 0. The van der Waals surface area contributed by atoms with E-state index >= 15 is 0 Å². The number of unbranched alkanes of at least 4 members (excludes halogenated alkanes) is 25. The second-order valence-electron chi connectivity index (χ2n) is 15.4. The molecule has 1 atom stereocenters. The van der Waals surface area contributed by atoms with Crippen LogP contribution in [0.4, 0.5) is 0 Å². The molecule has 55 heavy (non-hydrogen) atoms. The van der Waals surface area contributed by atoms with Crippen LogP contribution in [0.1, 0.15) is 226 Å². The van der Waals surface area contributed by atoms with Crippen LogP contribution in [0.15, 0.2) is 48.6 Å². The number of hydrogen-bond donors (Lipinski definition) is 0. The van der Waals surface area contributed by atoms with Gasteiger partial charge in [-0.1, -0.05) is 217 Å². The van der Waals surface area contributed by atoms with Crippen LogP contribution in [0.2, 0.25) is 0 Å². The lowest BCUT2D eigenvalue weighted by molar-refractivity contribution is -0.167. The summed E-state index contributed by atoms with van der Waals surface area (Å²) in [5.41, 5.74) is 0. The summed E-state index contributed by atoms with van der Waals surface area (Å²) in [5.74, 6) is -0.901. The maximum Gasteiger partial charge on any atom is 0.306 e. The summed E-state index contributed by atoms with van der Waals surface area (Å²) in [4.78, 5) is 37.7. The topological polar surface area (TPSA) is 78.9 Å². The van der Waals surface area contributed by atoms with Gasteiger partial charge in [0.2, 0.25) is 0 Å². The lowest BCUT2D eigenvalue weighted by atomic mass is 10.1. The molecular weight excluding hydrogens is 685 g/mol. The van der Waals surface area contributed by atoms with E-state index in [1.165, 1.54) is 103 Å². The number of carbonyl (C=O) groups excluding carboxylic acids is 3. The van der Waals surface area contributed by atoms with Gasteiger partial charge in [0.25, 0.3) is 0 Å². The van der Waals surface area contributed by atoms with E-state index in [1.807, 2.05) is 18.2 Å². The van der Waals surface area contributed by atoms with E-state index < -0.39 is 6.10 Å². The van der Waals surface area contributed by atoms with Crippen molar-refractivity contribution in [3.63, 3.8) is 0 Å². The van der Waals surface area contributed by atoms with E-state index in [9.17, 15) is 14.4 Å². The molecule has 0 radical (unpaired) electrons. The Labute approximate surface area is 339 Å². The highest BCUT2D eigenvalue weighted by Gasteiger charge is 2.19. The molecule has 1 unspecified atom stereocenters. The van der Waals surface area contributed by atoms with Crippen LogP contribution in [0.5, 0.6) is 0 Å². The first-order valence-corrected chi connectivity index (χ1v) is 23.2. The quantitative estimate of drug-likeness (QED) is 0.0267. The molecule has 0 saturated carbocycles. The first kappa shape index (κ1) is 52.4. The number of rotatable bonds is 41. The van der Waals surface area contributed by atoms with Gasteiger partial charge in [0.15, 0.2) is 6.10 Å². The van der Waals surface area contributed by atoms with Crippen LogP contribution in [-0.2, 0) is 28.6 Å². The Morgan fingerprint density at radius 1 is 0.382 bits per heavy atom. The predicted octanol–water partition coefficient (Wildman–Crippen LogP) is 14.8. The normalized spacial score (nSPS) is 12.4. The highest BCUT2D eigenvalue weighted by Crippen LogP contribution is 2.15. The molecule has 0 aliphatic carbocycles. The minimum Gasteiger partial charge on any atom is -0.462 e. The monoisotopic (exact) mass is 771 g/mol. The van der Waals surface area contributed by atoms with Crippen molar-refractivity contribution in [2.75, 3.05) is 13.2 Å². The zero-order valence-electron chi connectivity index (χ0n) is 36.2. The van der Waals surface area contributed by atoms with Crippen LogP contribution >= 0.6 is 0 Å². The molecule has 0 bridgehead atoms. The van der Waals surface area contributed by atoms with Gasteiger partial charge in [-0.3, -0.25) is 14.4 Å². The summed E-state index contributed by atoms with van der Waals surface area (Å²) in [5, 5.41) is 0. The average molecular weight is 771 g/mol. The van der Waals surface area contributed by atoms with E-state index in [-0.39, 0.29) is 31.1 Å². The van der Waals surface area contributed by atoms with Crippen LogP contribution < -0.4 is 0 Å². The fourth-order valence-corrected chi connectivity index (χ4v) is 6.45. The summed E-state index contributed by atoms with van der Waals surface area (Å²) in [6.45, 7) is 6.46. The minimum absolute atomic E-state index is 0.0780.